The van der Waals surface area contributed by atoms with Crippen molar-refractivity contribution in [1.29, 1.82) is 0 Å². The molecule has 1 amide bonds. The van der Waals surface area contributed by atoms with E-state index in [2.05, 4.69) is 15.0 Å². The van der Waals surface area contributed by atoms with Crippen molar-refractivity contribution in [3.8, 4) is 10.6 Å². The van der Waals surface area contributed by atoms with Gasteiger partial charge in [0.1, 0.15) is 17.2 Å². The Kier molecular flexibility index (Phi) is 4.70. The Morgan fingerprint density at radius 1 is 1.35 bits per heavy atom. The number of carbonyl (C=O) groups is 2. The van der Waals surface area contributed by atoms with E-state index in [1.807, 2.05) is 12.1 Å². The van der Waals surface area contributed by atoms with E-state index in [0.29, 0.717) is 10.0 Å². The Hall–Kier alpha value is -1.92. The van der Waals surface area contributed by atoms with Gasteiger partial charge < -0.3 is 10.1 Å². The van der Waals surface area contributed by atoms with Gasteiger partial charge in [-0.05, 0) is 12.1 Å². The molecule has 0 saturated carbocycles. The third-order valence-corrected chi connectivity index (χ3v) is 3.59. The molecule has 5 nitrogen and oxygen atoms in total. The van der Waals surface area contributed by atoms with Gasteiger partial charge in [0.05, 0.1) is 7.11 Å². The first-order valence-corrected chi connectivity index (χ1v) is 6.92. The number of methoxy groups -OCH3 is 1. The number of esters is 1. The molecule has 0 radical (unpaired) electrons. The van der Waals surface area contributed by atoms with Crippen molar-refractivity contribution in [2.75, 3.05) is 13.7 Å². The first-order valence-electron chi connectivity index (χ1n) is 5.66. The number of nitrogens with zero attached hydrogens (tertiary/aromatic N) is 1. The van der Waals surface area contributed by atoms with Gasteiger partial charge >= 0.3 is 5.97 Å². The van der Waals surface area contributed by atoms with Crippen LogP contribution in [0.25, 0.3) is 10.6 Å². The van der Waals surface area contributed by atoms with E-state index in [-0.39, 0.29) is 12.2 Å². The lowest BCUT2D eigenvalue weighted by molar-refractivity contribution is -0.139. The van der Waals surface area contributed by atoms with Crippen molar-refractivity contribution in [2.24, 2.45) is 0 Å². The zero-order valence-electron chi connectivity index (χ0n) is 10.6. The molecule has 0 saturated heterocycles. The van der Waals surface area contributed by atoms with Gasteiger partial charge in [-0.25, -0.2) is 4.98 Å². The van der Waals surface area contributed by atoms with Crippen molar-refractivity contribution in [3.05, 3.63) is 40.4 Å². The standard InChI is InChI=1S/C13H11ClN2O3S/c1-19-11(17)6-15-12(18)10-7-20-13(16-10)8-2-4-9(14)5-3-8/h2-5,7H,6H2,1H3,(H,15,18). The third-order valence-electron chi connectivity index (χ3n) is 2.45. The summed E-state index contributed by atoms with van der Waals surface area (Å²) in [6, 6.07) is 7.18. The first-order chi connectivity index (χ1) is 9.60. The molecule has 0 aliphatic heterocycles. The minimum Gasteiger partial charge on any atom is -0.468 e. The number of ether oxygens (including phenoxy) is 1. The van der Waals surface area contributed by atoms with Crippen LogP contribution in [0.15, 0.2) is 29.6 Å². The summed E-state index contributed by atoms with van der Waals surface area (Å²) < 4.78 is 4.44. The number of benzene rings is 1. The number of nitrogens with one attached hydrogen (secondary N) is 1. The number of halogens is 1. The van der Waals surface area contributed by atoms with Gasteiger partial charge in [-0.15, -0.1) is 11.3 Å². The number of hydrogen-bond acceptors (Lipinski definition) is 5. The van der Waals surface area contributed by atoms with Crippen molar-refractivity contribution < 1.29 is 14.3 Å². The van der Waals surface area contributed by atoms with Gasteiger partial charge in [0.15, 0.2) is 0 Å². The van der Waals surface area contributed by atoms with Crippen molar-refractivity contribution in [1.82, 2.24) is 10.3 Å². The van der Waals surface area contributed by atoms with E-state index in [9.17, 15) is 9.59 Å². The van der Waals surface area contributed by atoms with Crippen molar-refractivity contribution in [2.45, 2.75) is 0 Å². The molecule has 0 aliphatic carbocycles. The molecule has 1 aromatic carbocycles. The highest BCUT2D eigenvalue weighted by molar-refractivity contribution is 7.13. The van der Waals surface area contributed by atoms with Crippen LogP contribution in [0.4, 0.5) is 0 Å². The highest BCUT2D eigenvalue weighted by atomic mass is 35.5. The van der Waals surface area contributed by atoms with Gasteiger partial charge in [-0.2, -0.15) is 0 Å². The molecular weight excluding hydrogens is 300 g/mol. The largest absolute Gasteiger partial charge is 0.468 e. The predicted molar refractivity (Wildman–Crippen MR) is 76.9 cm³/mol. The maximum atomic E-state index is 11.8. The summed E-state index contributed by atoms with van der Waals surface area (Å²) in [6.45, 7) is -0.177. The molecule has 20 heavy (non-hydrogen) atoms. The lowest BCUT2D eigenvalue weighted by Crippen LogP contribution is -2.30. The van der Waals surface area contributed by atoms with Crippen LogP contribution in [0.3, 0.4) is 0 Å². The summed E-state index contributed by atoms with van der Waals surface area (Å²) in [7, 11) is 1.26. The van der Waals surface area contributed by atoms with E-state index in [4.69, 9.17) is 11.6 Å². The summed E-state index contributed by atoms with van der Waals surface area (Å²) in [6.07, 6.45) is 0. The fourth-order valence-electron chi connectivity index (χ4n) is 1.42. The molecule has 0 atom stereocenters. The maximum Gasteiger partial charge on any atom is 0.325 e. The molecule has 0 aliphatic rings. The van der Waals surface area contributed by atoms with E-state index in [0.717, 1.165) is 5.56 Å². The second-order valence-electron chi connectivity index (χ2n) is 3.80. The second-order valence-corrected chi connectivity index (χ2v) is 5.10. The third kappa shape index (κ3) is 3.55. The Bertz CT molecular complexity index is 625. The van der Waals surface area contributed by atoms with Gasteiger partial charge in [-0.3, -0.25) is 9.59 Å². The Balaban J connectivity index is 2.06. The van der Waals surface area contributed by atoms with Gasteiger partial charge in [0, 0.05) is 16.0 Å². The van der Waals surface area contributed by atoms with E-state index in [1.165, 1.54) is 18.4 Å². The molecule has 1 N–H and O–H groups in total. The molecule has 0 spiro atoms. The van der Waals surface area contributed by atoms with Gasteiger partial charge in [0.25, 0.3) is 5.91 Å². The molecule has 2 rings (SSSR count). The smallest absolute Gasteiger partial charge is 0.325 e. The average Bonchev–Trinajstić information content (AvgIpc) is 2.95. The first kappa shape index (κ1) is 14.5. The van der Waals surface area contributed by atoms with E-state index >= 15 is 0 Å². The molecule has 104 valence electrons. The van der Waals surface area contributed by atoms with Crippen LogP contribution in [0.2, 0.25) is 5.02 Å². The minimum atomic E-state index is -0.508. The molecule has 0 bridgehead atoms. The van der Waals surface area contributed by atoms with Crippen molar-refractivity contribution >= 4 is 34.8 Å². The minimum absolute atomic E-state index is 0.177. The van der Waals surface area contributed by atoms with Gasteiger partial charge in [-0.1, -0.05) is 23.7 Å². The van der Waals surface area contributed by atoms with Crippen LogP contribution in [0.5, 0.6) is 0 Å². The zero-order chi connectivity index (χ0) is 14.5. The molecule has 2 aromatic rings. The number of amides is 1. The Labute approximate surface area is 124 Å². The number of aromatic nitrogens is 1. The highest BCUT2D eigenvalue weighted by Crippen LogP contribution is 2.24. The Morgan fingerprint density at radius 2 is 2.05 bits per heavy atom. The molecule has 7 heteroatoms. The summed E-state index contributed by atoms with van der Waals surface area (Å²) >= 11 is 7.16. The second kappa shape index (κ2) is 6.49. The summed E-state index contributed by atoms with van der Waals surface area (Å²) in [5.41, 5.74) is 1.15. The lowest BCUT2D eigenvalue weighted by Gasteiger charge is -2.00. The molecule has 0 unspecified atom stereocenters. The Morgan fingerprint density at radius 3 is 2.70 bits per heavy atom. The highest BCUT2D eigenvalue weighted by Gasteiger charge is 2.13. The maximum absolute atomic E-state index is 11.8. The SMILES string of the molecule is COC(=O)CNC(=O)c1csc(-c2ccc(Cl)cc2)n1. The van der Waals surface area contributed by atoms with Crippen LogP contribution < -0.4 is 5.32 Å². The summed E-state index contributed by atoms with van der Waals surface area (Å²) in [4.78, 5) is 26.9. The van der Waals surface area contributed by atoms with E-state index in [1.54, 1.807) is 17.5 Å². The predicted octanol–water partition coefficient (Wildman–Crippen LogP) is 2.37. The number of rotatable bonds is 4. The number of hydrogen-bond donors (Lipinski definition) is 1. The summed E-state index contributed by atoms with van der Waals surface area (Å²) in [5.74, 6) is -0.918. The lowest BCUT2D eigenvalue weighted by atomic mass is 10.2. The molecule has 1 heterocycles. The molecular formula is C13H11ClN2O3S. The van der Waals surface area contributed by atoms with Gasteiger partial charge in [0.2, 0.25) is 0 Å². The van der Waals surface area contributed by atoms with Crippen LogP contribution in [-0.2, 0) is 9.53 Å². The number of thiazole rings is 1. The normalized spacial score (nSPS) is 10.1. The number of carbonyl (C=O) groups excluding carboxylic acids is 2. The zero-order valence-corrected chi connectivity index (χ0v) is 12.1. The molecule has 0 fully saturated rings. The monoisotopic (exact) mass is 310 g/mol. The topological polar surface area (TPSA) is 68.3 Å². The van der Waals surface area contributed by atoms with Crippen molar-refractivity contribution in [3.63, 3.8) is 0 Å². The average molecular weight is 311 g/mol. The van der Waals surface area contributed by atoms with E-state index < -0.39 is 11.9 Å². The van der Waals surface area contributed by atoms with Crippen LogP contribution in [-0.4, -0.2) is 30.5 Å². The van der Waals surface area contributed by atoms with Crippen LogP contribution in [0, 0.1) is 0 Å². The van der Waals surface area contributed by atoms with Crippen LogP contribution >= 0.6 is 22.9 Å². The summed E-state index contributed by atoms with van der Waals surface area (Å²) in [5, 5.41) is 5.42. The van der Waals surface area contributed by atoms with Crippen LogP contribution in [0.1, 0.15) is 10.5 Å². The molecule has 1 aromatic heterocycles. The quantitative estimate of drug-likeness (QED) is 0.880. The fraction of sp³-hybridized carbons (Fsp3) is 0.154. The fourth-order valence-corrected chi connectivity index (χ4v) is 2.35.